The van der Waals surface area contributed by atoms with Gasteiger partial charge in [-0.3, -0.25) is 0 Å². The molecule has 0 radical (unpaired) electrons. The Kier molecular flexibility index (Phi) is 4.00. The highest BCUT2D eigenvalue weighted by Gasteiger charge is 2.29. The summed E-state index contributed by atoms with van der Waals surface area (Å²) >= 11 is 0. The van der Waals surface area contributed by atoms with Crippen molar-refractivity contribution < 1.29 is 8.42 Å². The van der Waals surface area contributed by atoms with Crippen molar-refractivity contribution in [2.24, 2.45) is 5.41 Å². The molecule has 4 nitrogen and oxygen atoms in total. The zero-order valence-corrected chi connectivity index (χ0v) is 13.3. The fourth-order valence-corrected chi connectivity index (χ4v) is 3.60. The van der Waals surface area contributed by atoms with Crippen LogP contribution < -0.4 is 10.6 Å². The summed E-state index contributed by atoms with van der Waals surface area (Å²) in [5.74, 6) is 0. The molecule has 0 bridgehead atoms. The molecule has 1 heterocycles. The molecule has 112 valence electrons. The molecule has 1 fully saturated rings. The van der Waals surface area contributed by atoms with Crippen LogP contribution >= 0.6 is 0 Å². The number of anilines is 2. The Hall–Kier alpha value is -1.23. The van der Waals surface area contributed by atoms with Crippen LogP contribution in [0.4, 0.5) is 11.4 Å². The van der Waals surface area contributed by atoms with Gasteiger partial charge in [-0.25, -0.2) is 8.42 Å². The molecule has 2 N–H and O–H groups in total. The summed E-state index contributed by atoms with van der Waals surface area (Å²) in [5.41, 5.74) is 7.72. The Morgan fingerprint density at radius 2 is 1.90 bits per heavy atom. The van der Waals surface area contributed by atoms with E-state index in [1.807, 2.05) is 6.07 Å². The van der Waals surface area contributed by atoms with Gasteiger partial charge in [0.25, 0.3) is 0 Å². The second-order valence-electron chi connectivity index (χ2n) is 6.11. The van der Waals surface area contributed by atoms with Gasteiger partial charge < -0.3 is 10.6 Å². The lowest BCUT2D eigenvalue weighted by molar-refractivity contribution is 0.238. The van der Waals surface area contributed by atoms with Gasteiger partial charge in [-0.05, 0) is 30.4 Å². The van der Waals surface area contributed by atoms with Crippen LogP contribution in [-0.2, 0) is 9.84 Å². The first-order chi connectivity index (χ1) is 9.27. The molecule has 1 saturated heterocycles. The van der Waals surface area contributed by atoms with Crippen LogP contribution in [0.3, 0.4) is 0 Å². The number of benzene rings is 1. The quantitative estimate of drug-likeness (QED) is 0.871. The van der Waals surface area contributed by atoms with E-state index in [1.165, 1.54) is 12.7 Å². The van der Waals surface area contributed by atoms with Crippen LogP contribution in [-0.4, -0.2) is 27.8 Å². The molecule has 0 aliphatic carbocycles. The summed E-state index contributed by atoms with van der Waals surface area (Å²) in [6.07, 6.45) is 4.62. The van der Waals surface area contributed by atoms with Crippen molar-refractivity contribution in [3.8, 4) is 0 Å². The van der Waals surface area contributed by atoms with E-state index in [0.717, 1.165) is 31.6 Å². The monoisotopic (exact) mass is 296 g/mol. The van der Waals surface area contributed by atoms with E-state index in [4.69, 9.17) is 5.73 Å². The van der Waals surface area contributed by atoms with Crippen molar-refractivity contribution in [3.63, 3.8) is 0 Å². The van der Waals surface area contributed by atoms with E-state index in [9.17, 15) is 8.42 Å². The predicted molar refractivity (Wildman–Crippen MR) is 83.8 cm³/mol. The number of nitrogens with zero attached hydrogens (tertiary/aromatic N) is 1. The first-order valence-electron chi connectivity index (χ1n) is 7.10. The van der Waals surface area contributed by atoms with E-state index >= 15 is 0 Å². The minimum absolute atomic E-state index is 0.235. The normalized spacial score (nSPS) is 19.1. The molecule has 1 aliphatic rings. The summed E-state index contributed by atoms with van der Waals surface area (Å²) in [6, 6.07) is 5.27. The summed E-state index contributed by atoms with van der Waals surface area (Å²) in [5, 5.41) is 0. The van der Waals surface area contributed by atoms with Crippen LogP contribution in [0.5, 0.6) is 0 Å². The minimum Gasteiger partial charge on any atom is -0.396 e. The van der Waals surface area contributed by atoms with Crippen molar-refractivity contribution in [2.75, 3.05) is 30.0 Å². The number of piperidine rings is 1. The summed E-state index contributed by atoms with van der Waals surface area (Å²) in [7, 11) is -3.27. The van der Waals surface area contributed by atoms with Gasteiger partial charge in [0.05, 0.1) is 16.3 Å². The highest BCUT2D eigenvalue weighted by molar-refractivity contribution is 7.90. The van der Waals surface area contributed by atoms with Crippen molar-refractivity contribution in [1.82, 2.24) is 0 Å². The van der Waals surface area contributed by atoms with Crippen LogP contribution in [0.25, 0.3) is 0 Å². The Bertz CT molecular complexity index is 588. The topological polar surface area (TPSA) is 63.4 Å². The average Bonchev–Trinajstić information content (AvgIpc) is 2.39. The maximum absolute atomic E-state index is 11.7. The van der Waals surface area contributed by atoms with E-state index in [-0.39, 0.29) is 4.90 Å². The molecular weight excluding hydrogens is 272 g/mol. The average molecular weight is 296 g/mol. The number of rotatable bonds is 3. The number of nitrogen functional groups attached to an aromatic ring is 1. The van der Waals surface area contributed by atoms with Gasteiger partial charge in [0.15, 0.2) is 9.84 Å². The molecule has 1 aromatic carbocycles. The van der Waals surface area contributed by atoms with Gasteiger partial charge in [0, 0.05) is 19.3 Å². The van der Waals surface area contributed by atoms with Crippen molar-refractivity contribution in [1.29, 1.82) is 0 Å². The van der Waals surface area contributed by atoms with E-state index in [1.54, 1.807) is 12.1 Å². The highest BCUT2D eigenvalue weighted by Crippen LogP contribution is 2.38. The van der Waals surface area contributed by atoms with E-state index < -0.39 is 9.84 Å². The van der Waals surface area contributed by atoms with Crippen LogP contribution in [0.15, 0.2) is 23.1 Å². The molecule has 2 rings (SSSR count). The maximum atomic E-state index is 11.7. The van der Waals surface area contributed by atoms with Gasteiger partial charge in [0.1, 0.15) is 0 Å². The summed E-state index contributed by atoms with van der Waals surface area (Å²) < 4.78 is 23.5. The molecule has 0 spiro atoms. The number of hydrogen-bond donors (Lipinski definition) is 1. The lowest BCUT2D eigenvalue weighted by Gasteiger charge is -2.40. The first-order valence-corrected chi connectivity index (χ1v) is 8.99. The van der Waals surface area contributed by atoms with E-state index in [2.05, 4.69) is 18.7 Å². The molecule has 0 amide bonds. The van der Waals surface area contributed by atoms with Gasteiger partial charge in [-0.2, -0.15) is 0 Å². The SMILES string of the molecule is CCC1(C)CCN(c2cccc(S(C)(=O)=O)c2N)CC1. The van der Waals surface area contributed by atoms with Crippen LogP contribution in [0.1, 0.15) is 33.1 Å². The second kappa shape index (κ2) is 5.28. The van der Waals surface area contributed by atoms with Crippen molar-refractivity contribution in [3.05, 3.63) is 18.2 Å². The molecule has 0 atom stereocenters. The zero-order valence-electron chi connectivity index (χ0n) is 12.5. The number of sulfone groups is 1. The number of nitrogens with two attached hydrogens (primary N) is 1. The molecule has 1 aliphatic heterocycles. The van der Waals surface area contributed by atoms with Gasteiger partial charge in [-0.1, -0.05) is 26.3 Å². The Morgan fingerprint density at radius 3 is 2.40 bits per heavy atom. The zero-order chi connectivity index (χ0) is 15.0. The Labute approximate surface area is 121 Å². The summed E-state index contributed by atoms with van der Waals surface area (Å²) in [4.78, 5) is 2.44. The second-order valence-corrected chi connectivity index (χ2v) is 8.10. The third-order valence-electron chi connectivity index (χ3n) is 4.61. The predicted octanol–water partition coefficient (Wildman–Crippen LogP) is 2.69. The molecule has 5 heteroatoms. The number of hydrogen-bond acceptors (Lipinski definition) is 4. The number of para-hydroxylation sites is 1. The molecule has 1 aromatic rings. The fourth-order valence-electron chi connectivity index (χ4n) is 2.77. The van der Waals surface area contributed by atoms with E-state index in [0.29, 0.717) is 11.1 Å². The molecule has 0 saturated carbocycles. The fraction of sp³-hybridized carbons (Fsp3) is 0.600. The third-order valence-corrected chi connectivity index (χ3v) is 5.76. The molecular formula is C15H24N2O2S. The lowest BCUT2D eigenvalue weighted by atomic mass is 9.78. The summed E-state index contributed by atoms with van der Waals surface area (Å²) in [6.45, 7) is 6.42. The first kappa shape index (κ1) is 15.2. The third kappa shape index (κ3) is 2.92. The largest absolute Gasteiger partial charge is 0.396 e. The van der Waals surface area contributed by atoms with Gasteiger partial charge in [0.2, 0.25) is 0 Å². The standard InChI is InChI=1S/C15H24N2O2S/c1-4-15(2)8-10-17(11-9-15)12-6-5-7-13(14(12)16)20(3,18)19/h5-7H,4,8-11,16H2,1-3H3. The maximum Gasteiger partial charge on any atom is 0.177 e. The molecule has 0 aromatic heterocycles. The Balaban J connectivity index is 2.28. The highest BCUT2D eigenvalue weighted by atomic mass is 32.2. The van der Waals surface area contributed by atoms with Crippen molar-refractivity contribution in [2.45, 2.75) is 38.0 Å². The Morgan fingerprint density at radius 1 is 1.30 bits per heavy atom. The van der Waals surface area contributed by atoms with Crippen LogP contribution in [0, 0.1) is 5.41 Å². The lowest BCUT2D eigenvalue weighted by Crippen LogP contribution is -2.38. The van der Waals surface area contributed by atoms with Crippen LogP contribution in [0.2, 0.25) is 0 Å². The minimum atomic E-state index is -3.27. The van der Waals surface area contributed by atoms with Gasteiger partial charge in [-0.15, -0.1) is 0 Å². The molecule has 0 unspecified atom stereocenters. The van der Waals surface area contributed by atoms with Crippen molar-refractivity contribution >= 4 is 21.2 Å². The van der Waals surface area contributed by atoms with Gasteiger partial charge >= 0.3 is 0 Å². The smallest absolute Gasteiger partial charge is 0.177 e. The molecule has 20 heavy (non-hydrogen) atoms.